The van der Waals surface area contributed by atoms with Crippen molar-refractivity contribution in [2.24, 2.45) is 11.8 Å². The number of ketones is 1. The molecule has 122 valence electrons. The minimum absolute atomic E-state index is 0.0403. The Hall–Kier alpha value is -1.61. The van der Waals surface area contributed by atoms with Crippen molar-refractivity contribution < 1.29 is 9.53 Å². The van der Waals surface area contributed by atoms with E-state index < -0.39 is 0 Å². The Morgan fingerprint density at radius 1 is 1.35 bits per heavy atom. The fourth-order valence-corrected chi connectivity index (χ4v) is 5.52. The molecular formula is C20H25NO2. The van der Waals surface area contributed by atoms with Crippen LogP contribution in [0, 0.1) is 18.8 Å². The molecule has 0 N–H and O–H groups in total. The molecule has 0 amide bonds. The highest BCUT2D eigenvalue weighted by molar-refractivity contribution is 5.94. The predicted octanol–water partition coefficient (Wildman–Crippen LogP) is 2.89. The quantitative estimate of drug-likeness (QED) is 0.799. The molecule has 2 aliphatic carbocycles. The second-order valence-electron chi connectivity index (χ2n) is 7.48. The van der Waals surface area contributed by atoms with Gasteiger partial charge in [0.25, 0.3) is 0 Å². The smallest absolute Gasteiger partial charge is 0.159 e. The second kappa shape index (κ2) is 4.94. The predicted molar refractivity (Wildman–Crippen MR) is 90.9 cm³/mol. The number of allylic oxidation sites excluding steroid dienone is 1. The van der Waals surface area contributed by atoms with E-state index in [1.54, 1.807) is 7.11 Å². The molecular weight excluding hydrogens is 286 g/mol. The molecule has 1 heterocycles. The Morgan fingerprint density at radius 2 is 2.13 bits per heavy atom. The highest BCUT2D eigenvalue weighted by Gasteiger charge is 2.57. The van der Waals surface area contributed by atoms with Crippen molar-refractivity contribution in [1.29, 1.82) is 0 Å². The zero-order valence-corrected chi connectivity index (χ0v) is 14.4. The first-order valence-corrected chi connectivity index (χ1v) is 8.60. The third kappa shape index (κ3) is 1.77. The number of hydrogen-bond donors (Lipinski definition) is 0. The Kier molecular flexibility index (Phi) is 3.21. The summed E-state index contributed by atoms with van der Waals surface area (Å²) in [6, 6.07) is 4.81. The van der Waals surface area contributed by atoms with Gasteiger partial charge in [-0.1, -0.05) is 19.1 Å². The number of nitrogens with zero attached hydrogens (tertiary/aromatic N) is 1. The zero-order valence-electron chi connectivity index (χ0n) is 14.4. The Balaban J connectivity index is 2.03. The first kappa shape index (κ1) is 14.9. The molecule has 3 unspecified atom stereocenters. The van der Waals surface area contributed by atoms with Crippen LogP contribution < -0.4 is 4.74 Å². The number of likely N-dealkylation sites (N-methyl/N-ethyl adjacent to an activating group) is 1. The van der Waals surface area contributed by atoms with Gasteiger partial charge in [0.1, 0.15) is 5.75 Å². The Bertz CT molecular complexity index is 708. The lowest BCUT2D eigenvalue weighted by Gasteiger charge is -2.59. The molecule has 0 saturated carbocycles. The molecule has 4 atom stereocenters. The van der Waals surface area contributed by atoms with Crippen LogP contribution in [-0.4, -0.2) is 37.4 Å². The summed E-state index contributed by atoms with van der Waals surface area (Å²) in [6.07, 6.45) is 6.14. The summed E-state index contributed by atoms with van der Waals surface area (Å²) in [5.74, 6) is 1.69. The average molecular weight is 311 g/mol. The van der Waals surface area contributed by atoms with E-state index in [1.165, 1.54) is 16.7 Å². The zero-order chi connectivity index (χ0) is 16.4. The van der Waals surface area contributed by atoms with Crippen molar-refractivity contribution in [1.82, 2.24) is 4.90 Å². The highest BCUT2D eigenvalue weighted by atomic mass is 16.5. The molecule has 1 saturated heterocycles. The van der Waals surface area contributed by atoms with Gasteiger partial charge in [-0.05, 0) is 62.2 Å². The fourth-order valence-electron chi connectivity index (χ4n) is 5.52. The molecule has 1 aromatic carbocycles. The summed E-state index contributed by atoms with van der Waals surface area (Å²) in [4.78, 5) is 15.1. The maximum Gasteiger partial charge on any atom is 0.159 e. The third-order valence-corrected chi connectivity index (χ3v) is 6.74. The Labute approximate surface area is 138 Å². The number of fused-ring (bicyclic) bond motifs is 1. The van der Waals surface area contributed by atoms with E-state index in [9.17, 15) is 4.79 Å². The molecule has 1 fully saturated rings. The molecule has 0 spiro atoms. The van der Waals surface area contributed by atoms with Gasteiger partial charge in [-0.15, -0.1) is 0 Å². The van der Waals surface area contributed by atoms with Gasteiger partial charge < -0.3 is 9.64 Å². The van der Waals surface area contributed by atoms with Crippen LogP contribution in [0.15, 0.2) is 24.3 Å². The summed E-state index contributed by atoms with van der Waals surface area (Å²) in [6.45, 7) is 5.36. The molecule has 4 rings (SSSR count). The topological polar surface area (TPSA) is 29.5 Å². The number of carbonyl (C=O) groups excluding carboxylic acids is 1. The van der Waals surface area contributed by atoms with Gasteiger partial charge >= 0.3 is 0 Å². The summed E-state index contributed by atoms with van der Waals surface area (Å²) < 4.78 is 5.59. The van der Waals surface area contributed by atoms with E-state index in [0.29, 0.717) is 12.0 Å². The van der Waals surface area contributed by atoms with Gasteiger partial charge in [0, 0.05) is 23.3 Å². The van der Waals surface area contributed by atoms with Crippen LogP contribution >= 0.6 is 0 Å². The number of ether oxygens (including phenoxy) is 1. The number of carbonyl (C=O) groups is 1. The number of benzene rings is 1. The SMILES string of the molecule is COc1ccc2c(c1C)[C@]13CCN(C)C(C2)C1C=CC(=O)C3C. The van der Waals surface area contributed by atoms with Crippen LogP contribution in [0.3, 0.4) is 0 Å². The number of rotatable bonds is 1. The number of likely N-dealkylation sites (tertiary alicyclic amines) is 1. The summed E-state index contributed by atoms with van der Waals surface area (Å²) in [5.41, 5.74) is 3.98. The summed E-state index contributed by atoms with van der Waals surface area (Å²) >= 11 is 0. The van der Waals surface area contributed by atoms with Crippen LogP contribution in [-0.2, 0) is 16.6 Å². The molecule has 23 heavy (non-hydrogen) atoms. The van der Waals surface area contributed by atoms with Gasteiger partial charge in [-0.25, -0.2) is 0 Å². The molecule has 1 aliphatic heterocycles. The van der Waals surface area contributed by atoms with Gasteiger partial charge in [0.05, 0.1) is 7.11 Å². The molecule has 3 aliphatic rings. The number of hydrogen-bond acceptors (Lipinski definition) is 3. The van der Waals surface area contributed by atoms with E-state index in [0.717, 1.165) is 25.1 Å². The van der Waals surface area contributed by atoms with Crippen molar-refractivity contribution in [2.45, 2.75) is 38.1 Å². The summed E-state index contributed by atoms with van der Waals surface area (Å²) in [7, 11) is 3.96. The van der Waals surface area contributed by atoms with Crippen molar-refractivity contribution in [2.75, 3.05) is 20.7 Å². The maximum atomic E-state index is 12.6. The maximum absolute atomic E-state index is 12.6. The lowest BCUT2D eigenvalue weighted by Crippen LogP contribution is -2.62. The van der Waals surface area contributed by atoms with Gasteiger partial charge in [0.15, 0.2) is 5.78 Å². The second-order valence-corrected chi connectivity index (χ2v) is 7.48. The van der Waals surface area contributed by atoms with Gasteiger partial charge in [0.2, 0.25) is 0 Å². The van der Waals surface area contributed by atoms with Crippen molar-refractivity contribution >= 4 is 5.78 Å². The number of methoxy groups -OCH3 is 1. The van der Waals surface area contributed by atoms with Gasteiger partial charge in [-0.3, -0.25) is 4.79 Å². The standard InChI is InChI=1S/C20H25NO2/c1-12-18(23-4)8-5-14-11-16-15-6-7-17(22)13(2)20(15,19(12)14)9-10-21(16)3/h5-8,13,15-16H,9-11H2,1-4H3/t13?,15?,16?,20-/m0/s1. The van der Waals surface area contributed by atoms with E-state index >= 15 is 0 Å². The highest BCUT2D eigenvalue weighted by Crippen LogP contribution is 2.56. The molecule has 3 heteroatoms. The average Bonchev–Trinajstić information content (AvgIpc) is 2.54. The number of piperidine rings is 1. The van der Waals surface area contributed by atoms with Gasteiger partial charge in [-0.2, -0.15) is 0 Å². The Morgan fingerprint density at radius 3 is 2.87 bits per heavy atom. The van der Waals surface area contributed by atoms with Crippen LogP contribution in [0.25, 0.3) is 0 Å². The lowest BCUT2D eigenvalue weighted by atomic mass is 9.49. The van der Waals surface area contributed by atoms with E-state index in [2.05, 4.69) is 44.0 Å². The van der Waals surface area contributed by atoms with E-state index in [-0.39, 0.29) is 17.1 Å². The molecule has 0 aromatic heterocycles. The third-order valence-electron chi connectivity index (χ3n) is 6.74. The van der Waals surface area contributed by atoms with Crippen LogP contribution in [0.2, 0.25) is 0 Å². The first-order chi connectivity index (χ1) is 11.0. The normalized spacial score (nSPS) is 35.7. The monoisotopic (exact) mass is 311 g/mol. The van der Waals surface area contributed by atoms with Crippen LogP contribution in [0.1, 0.15) is 30.0 Å². The fraction of sp³-hybridized carbons (Fsp3) is 0.550. The first-order valence-electron chi connectivity index (χ1n) is 8.60. The lowest BCUT2D eigenvalue weighted by molar-refractivity contribution is -0.123. The van der Waals surface area contributed by atoms with Crippen LogP contribution in [0.5, 0.6) is 5.75 Å². The molecule has 2 bridgehead atoms. The molecule has 3 nitrogen and oxygen atoms in total. The van der Waals surface area contributed by atoms with Crippen LogP contribution in [0.4, 0.5) is 0 Å². The minimum atomic E-state index is -0.0603. The van der Waals surface area contributed by atoms with Crippen molar-refractivity contribution in [3.63, 3.8) is 0 Å². The van der Waals surface area contributed by atoms with Crippen molar-refractivity contribution in [3.05, 3.63) is 41.0 Å². The molecule has 1 aromatic rings. The minimum Gasteiger partial charge on any atom is -0.496 e. The van der Waals surface area contributed by atoms with E-state index in [4.69, 9.17) is 4.74 Å². The molecule has 0 radical (unpaired) electrons. The van der Waals surface area contributed by atoms with E-state index in [1.807, 2.05) is 6.08 Å². The summed E-state index contributed by atoms with van der Waals surface area (Å²) in [5, 5.41) is 0. The van der Waals surface area contributed by atoms with Crippen molar-refractivity contribution in [3.8, 4) is 5.75 Å². The largest absolute Gasteiger partial charge is 0.496 e.